The predicted octanol–water partition coefficient (Wildman–Crippen LogP) is 3.62. The maximum atomic E-state index is 5.11. The Kier molecular flexibility index (Phi) is 6.69. The van der Waals surface area contributed by atoms with Gasteiger partial charge in [0.05, 0.1) is 6.61 Å². The molecule has 0 bridgehead atoms. The number of rotatable bonds is 7. The zero-order chi connectivity index (χ0) is 13.4. The second-order valence-electron chi connectivity index (χ2n) is 4.87. The normalized spacial score (nSPS) is 12.2. The van der Waals surface area contributed by atoms with Gasteiger partial charge in [-0.1, -0.05) is 56.7 Å². The van der Waals surface area contributed by atoms with Crippen LogP contribution in [0.1, 0.15) is 38.3 Å². The molecule has 1 rings (SSSR count). The average Bonchev–Trinajstić information content (AvgIpc) is 2.36. The Morgan fingerprint density at radius 3 is 2.44 bits per heavy atom. The number of nitrogens with one attached hydrogen (secondary N) is 1. The van der Waals surface area contributed by atoms with Crippen LogP contribution in [0.15, 0.2) is 29.8 Å². The average molecular weight is 247 g/mol. The first-order valence-electron chi connectivity index (χ1n) is 6.66. The molecule has 0 aromatic heterocycles. The molecule has 1 aromatic rings. The lowest BCUT2D eigenvalue weighted by atomic mass is 10.1. The van der Waals surface area contributed by atoms with Gasteiger partial charge in [-0.25, -0.2) is 0 Å². The smallest absolute Gasteiger partial charge is 0.0713 e. The van der Waals surface area contributed by atoms with E-state index >= 15 is 0 Å². The molecular weight excluding hydrogens is 222 g/mol. The second-order valence-corrected chi connectivity index (χ2v) is 4.87. The van der Waals surface area contributed by atoms with Crippen molar-refractivity contribution >= 4 is 6.08 Å². The number of hydrogen-bond donors (Lipinski definition) is 1. The van der Waals surface area contributed by atoms with Gasteiger partial charge in [0, 0.05) is 19.7 Å². The zero-order valence-electron chi connectivity index (χ0n) is 12.0. The lowest BCUT2D eigenvalue weighted by molar-refractivity contribution is 0.185. The molecule has 0 saturated heterocycles. The van der Waals surface area contributed by atoms with E-state index < -0.39 is 0 Å². The second kappa shape index (κ2) is 8.06. The van der Waals surface area contributed by atoms with E-state index in [-0.39, 0.29) is 0 Å². The number of benzene rings is 1. The summed E-state index contributed by atoms with van der Waals surface area (Å²) in [5, 5.41) is 3.46. The minimum Gasteiger partial charge on any atom is -0.380 e. The van der Waals surface area contributed by atoms with Crippen LogP contribution in [-0.4, -0.2) is 19.7 Å². The van der Waals surface area contributed by atoms with Gasteiger partial charge in [0.1, 0.15) is 0 Å². The van der Waals surface area contributed by atoms with Crippen molar-refractivity contribution in [2.75, 3.05) is 13.7 Å². The van der Waals surface area contributed by atoms with Crippen LogP contribution < -0.4 is 5.32 Å². The third-order valence-corrected chi connectivity index (χ3v) is 2.85. The Labute approximate surface area is 111 Å². The van der Waals surface area contributed by atoms with Crippen LogP contribution in [-0.2, 0) is 11.3 Å². The van der Waals surface area contributed by atoms with Crippen LogP contribution in [0.2, 0.25) is 0 Å². The highest BCUT2D eigenvalue weighted by atomic mass is 16.5. The summed E-state index contributed by atoms with van der Waals surface area (Å²) in [6, 6.07) is 9.08. The quantitative estimate of drug-likeness (QED) is 0.794. The summed E-state index contributed by atoms with van der Waals surface area (Å²) in [5.74, 6) is 0. The molecule has 100 valence electrons. The summed E-state index contributed by atoms with van der Waals surface area (Å²) in [6.07, 6.45) is 3.35. The molecule has 0 spiro atoms. The molecule has 2 heteroatoms. The van der Waals surface area contributed by atoms with Crippen molar-refractivity contribution in [1.82, 2.24) is 5.32 Å². The largest absolute Gasteiger partial charge is 0.380 e. The monoisotopic (exact) mass is 247 g/mol. The SMILES string of the molecule is CCC(=Cc1ccc(COC)cc1)CNC(C)C. The third-order valence-electron chi connectivity index (χ3n) is 2.85. The molecule has 1 aromatic carbocycles. The highest BCUT2D eigenvalue weighted by Gasteiger charge is 1.98. The van der Waals surface area contributed by atoms with Gasteiger partial charge in [-0.2, -0.15) is 0 Å². The van der Waals surface area contributed by atoms with Crippen LogP contribution in [0, 0.1) is 0 Å². The first-order chi connectivity index (χ1) is 8.65. The molecular formula is C16H25NO. The van der Waals surface area contributed by atoms with Gasteiger partial charge in [-0.3, -0.25) is 0 Å². The fraction of sp³-hybridized carbons (Fsp3) is 0.500. The number of ether oxygens (including phenoxy) is 1. The fourth-order valence-electron chi connectivity index (χ4n) is 1.73. The van der Waals surface area contributed by atoms with Crippen molar-refractivity contribution in [1.29, 1.82) is 0 Å². The Morgan fingerprint density at radius 2 is 1.94 bits per heavy atom. The Hall–Kier alpha value is -1.12. The molecule has 0 aliphatic carbocycles. The van der Waals surface area contributed by atoms with E-state index in [1.54, 1.807) is 7.11 Å². The lowest BCUT2D eigenvalue weighted by Gasteiger charge is -2.10. The van der Waals surface area contributed by atoms with E-state index in [4.69, 9.17) is 4.74 Å². The lowest BCUT2D eigenvalue weighted by Crippen LogP contribution is -2.24. The molecule has 0 aliphatic rings. The van der Waals surface area contributed by atoms with Crippen LogP contribution in [0.4, 0.5) is 0 Å². The van der Waals surface area contributed by atoms with Crippen molar-refractivity contribution in [2.24, 2.45) is 0 Å². The molecule has 0 saturated carbocycles. The standard InChI is InChI=1S/C16H25NO/c1-5-14(11-17-13(2)3)10-15-6-8-16(9-7-15)12-18-4/h6-10,13,17H,5,11-12H2,1-4H3. The molecule has 0 atom stereocenters. The predicted molar refractivity (Wildman–Crippen MR) is 78.6 cm³/mol. The maximum absolute atomic E-state index is 5.11. The van der Waals surface area contributed by atoms with Crippen molar-refractivity contribution in [3.8, 4) is 0 Å². The summed E-state index contributed by atoms with van der Waals surface area (Å²) in [4.78, 5) is 0. The molecule has 0 radical (unpaired) electrons. The molecule has 0 unspecified atom stereocenters. The number of methoxy groups -OCH3 is 1. The van der Waals surface area contributed by atoms with E-state index in [0.717, 1.165) is 13.0 Å². The maximum Gasteiger partial charge on any atom is 0.0713 e. The fourth-order valence-corrected chi connectivity index (χ4v) is 1.73. The van der Waals surface area contributed by atoms with Crippen LogP contribution >= 0.6 is 0 Å². The van der Waals surface area contributed by atoms with Gasteiger partial charge in [-0.05, 0) is 17.5 Å². The minimum absolute atomic E-state index is 0.532. The summed E-state index contributed by atoms with van der Waals surface area (Å²) >= 11 is 0. The highest BCUT2D eigenvalue weighted by molar-refractivity contribution is 5.53. The topological polar surface area (TPSA) is 21.3 Å². The Balaban J connectivity index is 2.66. The van der Waals surface area contributed by atoms with Crippen LogP contribution in [0.5, 0.6) is 0 Å². The summed E-state index contributed by atoms with van der Waals surface area (Å²) < 4.78 is 5.11. The van der Waals surface area contributed by atoms with Crippen LogP contribution in [0.25, 0.3) is 6.08 Å². The van der Waals surface area contributed by atoms with Gasteiger partial charge < -0.3 is 10.1 Å². The Bertz CT molecular complexity index is 365. The van der Waals surface area contributed by atoms with Crippen molar-refractivity contribution in [3.05, 3.63) is 41.0 Å². The zero-order valence-corrected chi connectivity index (χ0v) is 12.0. The van der Waals surface area contributed by atoms with Crippen LogP contribution in [0.3, 0.4) is 0 Å². The van der Waals surface area contributed by atoms with E-state index in [1.807, 2.05) is 0 Å². The third kappa shape index (κ3) is 5.48. The molecule has 2 nitrogen and oxygen atoms in total. The molecule has 0 amide bonds. The van der Waals surface area contributed by atoms with Gasteiger partial charge in [0.25, 0.3) is 0 Å². The van der Waals surface area contributed by atoms with E-state index in [1.165, 1.54) is 16.7 Å². The summed E-state index contributed by atoms with van der Waals surface area (Å²) in [5.41, 5.74) is 3.91. The van der Waals surface area contributed by atoms with Crippen molar-refractivity contribution < 1.29 is 4.74 Å². The van der Waals surface area contributed by atoms with E-state index in [0.29, 0.717) is 12.6 Å². The highest BCUT2D eigenvalue weighted by Crippen LogP contribution is 2.11. The van der Waals surface area contributed by atoms with E-state index in [2.05, 4.69) is 56.4 Å². The molecule has 18 heavy (non-hydrogen) atoms. The first kappa shape index (κ1) is 14.9. The van der Waals surface area contributed by atoms with Gasteiger partial charge in [-0.15, -0.1) is 0 Å². The van der Waals surface area contributed by atoms with Gasteiger partial charge >= 0.3 is 0 Å². The van der Waals surface area contributed by atoms with E-state index in [9.17, 15) is 0 Å². The summed E-state index contributed by atoms with van der Waals surface area (Å²) in [6.45, 7) is 8.19. The molecule has 0 aliphatic heterocycles. The molecule has 0 fully saturated rings. The Morgan fingerprint density at radius 1 is 1.28 bits per heavy atom. The minimum atomic E-state index is 0.532. The van der Waals surface area contributed by atoms with Gasteiger partial charge in [0.15, 0.2) is 0 Å². The van der Waals surface area contributed by atoms with Gasteiger partial charge in [0.2, 0.25) is 0 Å². The first-order valence-corrected chi connectivity index (χ1v) is 6.66. The number of hydrogen-bond acceptors (Lipinski definition) is 2. The molecule has 0 heterocycles. The van der Waals surface area contributed by atoms with Crippen molar-refractivity contribution in [2.45, 2.75) is 39.8 Å². The summed E-state index contributed by atoms with van der Waals surface area (Å²) in [7, 11) is 1.72. The molecule has 1 N–H and O–H groups in total. The van der Waals surface area contributed by atoms with Crippen molar-refractivity contribution in [3.63, 3.8) is 0 Å².